The van der Waals surface area contributed by atoms with E-state index >= 15 is 0 Å². The van der Waals surface area contributed by atoms with E-state index in [9.17, 15) is 9.59 Å². The molecule has 0 radical (unpaired) electrons. The van der Waals surface area contributed by atoms with Crippen molar-refractivity contribution in [3.05, 3.63) is 34.3 Å². The molecule has 2 rings (SSSR count). The van der Waals surface area contributed by atoms with E-state index in [1.165, 1.54) is 11.1 Å². The Morgan fingerprint density at radius 3 is 3.15 bits per heavy atom. The first-order chi connectivity index (χ1) is 6.33. The predicted octanol–water partition coefficient (Wildman–Crippen LogP) is 0.364. The average Bonchev–Trinajstić information content (AvgIpc) is 2.18. The molecular weight excluding hydrogens is 168 g/mol. The lowest BCUT2D eigenvalue weighted by Crippen LogP contribution is -2.27. The Balaban J connectivity index is 2.65. The molecule has 2 heterocycles. The molecule has 1 amide bonds. The average molecular weight is 176 g/mol. The highest BCUT2D eigenvalue weighted by atomic mass is 16.1. The number of pyridine rings is 1. The smallest absolute Gasteiger partial charge is 0.257 e. The zero-order valence-corrected chi connectivity index (χ0v) is 6.86. The summed E-state index contributed by atoms with van der Waals surface area (Å²) < 4.78 is 0. The lowest BCUT2D eigenvalue weighted by atomic mass is 10.1. The van der Waals surface area contributed by atoms with Gasteiger partial charge < -0.3 is 9.88 Å². The number of rotatable bonds is 1. The van der Waals surface area contributed by atoms with Crippen molar-refractivity contribution in [2.45, 2.75) is 0 Å². The van der Waals surface area contributed by atoms with E-state index in [-0.39, 0.29) is 5.56 Å². The topological polar surface area (TPSA) is 53.2 Å². The molecule has 0 saturated heterocycles. The maximum atomic E-state index is 11.3. The molecule has 13 heavy (non-hydrogen) atoms. The minimum Gasteiger partial charge on any atom is -0.328 e. The third kappa shape index (κ3) is 1.16. The van der Waals surface area contributed by atoms with Gasteiger partial charge in [0.15, 0.2) is 0 Å². The largest absolute Gasteiger partial charge is 0.328 e. The van der Waals surface area contributed by atoms with Gasteiger partial charge in [0.05, 0.1) is 11.3 Å². The molecule has 66 valence electrons. The number of hydrogen-bond donors (Lipinski definition) is 1. The van der Waals surface area contributed by atoms with E-state index in [4.69, 9.17) is 0 Å². The molecule has 0 spiro atoms. The molecule has 0 fully saturated rings. The number of fused-ring (bicyclic) bond motifs is 1. The van der Waals surface area contributed by atoms with Crippen molar-refractivity contribution in [3.8, 4) is 0 Å². The van der Waals surface area contributed by atoms with Crippen LogP contribution in [-0.2, 0) is 4.79 Å². The molecule has 0 saturated carbocycles. The Hall–Kier alpha value is -1.84. The van der Waals surface area contributed by atoms with E-state index in [1.54, 1.807) is 18.2 Å². The number of anilines is 1. The van der Waals surface area contributed by atoms with Gasteiger partial charge in [-0.15, -0.1) is 0 Å². The van der Waals surface area contributed by atoms with Crippen molar-refractivity contribution in [3.63, 3.8) is 0 Å². The van der Waals surface area contributed by atoms with Gasteiger partial charge in [0.1, 0.15) is 0 Å². The number of aromatic amines is 1. The molecule has 0 aliphatic carbocycles. The summed E-state index contributed by atoms with van der Waals surface area (Å²) in [5.74, 6) is 0. The second kappa shape index (κ2) is 2.90. The molecule has 1 N–H and O–H groups in total. The van der Waals surface area contributed by atoms with Gasteiger partial charge in [0, 0.05) is 12.7 Å². The van der Waals surface area contributed by atoms with Gasteiger partial charge in [-0.3, -0.25) is 9.59 Å². The monoisotopic (exact) mass is 176 g/mol. The Labute approximate surface area is 74.5 Å². The normalized spacial score (nSPS) is 14.0. The Bertz CT molecular complexity index is 420. The van der Waals surface area contributed by atoms with Crippen LogP contribution in [0.5, 0.6) is 0 Å². The fourth-order valence-corrected chi connectivity index (χ4v) is 1.37. The highest BCUT2D eigenvalue weighted by molar-refractivity contribution is 5.83. The lowest BCUT2D eigenvalue weighted by Gasteiger charge is -2.20. The highest BCUT2D eigenvalue weighted by Crippen LogP contribution is 2.19. The number of amides is 1. The van der Waals surface area contributed by atoms with Gasteiger partial charge in [-0.1, -0.05) is 6.08 Å². The van der Waals surface area contributed by atoms with Gasteiger partial charge in [-0.2, -0.15) is 0 Å². The minimum absolute atomic E-state index is 0.166. The van der Waals surface area contributed by atoms with Crippen LogP contribution in [0.2, 0.25) is 0 Å². The Kier molecular flexibility index (Phi) is 1.73. The zero-order valence-electron chi connectivity index (χ0n) is 6.86. The Morgan fingerprint density at radius 2 is 2.38 bits per heavy atom. The van der Waals surface area contributed by atoms with Crippen LogP contribution < -0.4 is 10.5 Å². The highest BCUT2D eigenvalue weighted by Gasteiger charge is 2.13. The molecule has 4 heteroatoms. The molecule has 1 aromatic rings. The van der Waals surface area contributed by atoms with Gasteiger partial charge in [0.2, 0.25) is 6.41 Å². The first-order valence-corrected chi connectivity index (χ1v) is 3.93. The number of carbonyl (C=O) groups is 1. The summed E-state index contributed by atoms with van der Waals surface area (Å²) in [4.78, 5) is 25.9. The Morgan fingerprint density at radius 1 is 1.54 bits per heavy atom. The van der Waals surface area contributed by atoms with Crippen LogP contribution in [0, 0.1) is 0 Å². The van der Waals surface area contributed by atoms with Gasteiger partial charge in [0.25, 0.3) is 5.56 Å². The molecular formula is C9H8N2O2. The van der Waals surface area contributed by atoms with Crippen molar-refractivity contribution in [1.82, 2.24) is 4.98 Å². The van der Waals surface area contributed by atoms with E-state index in [1.807, 2.05) is 0 Å². The number of aromatic nitrogens is 1. The number of H-pyrrole nitrogens is 1. The van der Waals surface area contributed by atoms with E-state index in [0.29, 0.717) is 17.8 Å². The standard InChI is InChI=1S/C9H8N2O2/c12-6-11-5-1-2-7-8(11)3-4-10-9(7)13/h1-4,6H,5H2,(H,10,13). The molecule has 1 aromatic heterocycles. The third-order valence-electron chi connectivity index (χ3n) is 2.00. The molecule has 0 bridgehead atoms. The lowest BCUT2D eigenvalue weighted by molar-refractivity contribution is -0.107. The summed E-state index contributed by atoms with van der Waals surface area (Å²) in [5, 5.41) is 0. The van der Waals surface area contributed by atoms with E-state index < -0.39 is 0 Å². The van der Waals surface area contributed by atoms with Crippen LogP contribution in [0.3, 0.4) is 0 Å². The summed E-state index contributed by atoms with van der Waals surface area (Å²) in [6.07, 6.45) is 5.78. The second-order valence-electron chi connectivity index (χ2n) is 2.77. The molecule has 0 aromatic carbocycles. The molecule has 1 aliphatic heterocycles. The minimum atomic E-state index is -0.166. The van der Waals surface area contributed by atoms with Crippen LogP contribution in [-0.4, -0.2) is 17.9 Å². The summed E-state index contributed by atoms with van der Waals surface area (Å²) in [5.41, 5.74) is 1.04. The summed E-state index contributed by atoms with van der Waals surface area (Å²) >= 11 is 0. The van der Waals surface area contributed by atoms with Crippen LogP contribution in [0.15, 0.2) is 23.1 Å². The van der Waals surface area contributed by atoms with Crippen molar-refractivity contribution in [2.24, 2.45) is 0 Å². The summed E-state index contributed by atoms with van der Waals surface area (Å²) in [7, 11) is 0. The van der Waals surface area contributed by atoms with Gasteiger partial charge in [-0.25, -0.2) is 0 Å². The van der Waals surface area contributed by atoms with Crippen LogP contribution in [0.1, 0.15) is 5.56 Å². The van der Waals surface area contributed by atoms with Gasteiger partial charge >= 0.3 is 0 Å². The fraction of sp³-hybridized carbons (Fsp3) is 0.111. The number of nitrogens with one attached hydrogen (secondary N) is 1. The zero-order chi connectivity index (χ0) is 9.26. The number of nitrogens with zero attached hydrogens (tertiary/aromatic N) is 1. The van der Waals surface area contributed by atoms with Crippen molar-refractivity contribution >= 4 is 18.2 Å². The first kappa shape index (κ1) is 7.79. The number of hydrogen-bond acceptors (Lipinski definition) is 2. The summed E-state index contributed by atoms with van der Waals surface area (Å²) in [6, 6.07) is 1.72. The van der Waals surface area contributed by atoms with Crippen LogP contribution in [0.25, 0.3) is 6.08 Å². The second-order valence-corrected chi connectivity index (χ2v) is 2.77. The van der Waals surface area contributed by atoms with Crippen molar-refractivity contribution in [1.29, 1.82) is 0 Å². The maximum Gasteiger partial charge on any atom is 0.257 e. The fourth-order valence-electron chi connectivity index (χ4n) is 1.37. The molecule has 0 unspecified atom stereocenters. The molecule has 4 nitrogen and oxygen atoms in total. The predicted molar refractivity (Wildman–Crippen MR) is 49.5 cm³/mol. The van der Waals surface area contributed by atoms with E-state index in [2.05, 4.69) is 4.98 Å². The van der Waals surface area contributed by atoms with E-state index in [0.717, 1.165) is 6.41 Å². The number of carbonyl (C=O) groups excluding carboxylic acids is 1. The molecule has 1 aliphatic rings. The third-order valence-corrected chi connectivity index (χ3v) is 2.00. The van der Waals surface area contributed by atoms with Crippen LogP contribution in [0.4, 0.5) is 5.69 Å². The van der Waals surface area contributed by atoms with Crippen LogP contribution >= 0.6 is 0 Å². The SMILES string of the molecule is O=CN1CC=Cc2c1cc[nH]c2=O. The summed E-state index contributed by atoms with van der Waals surface area (Å²) in [6.45, 7) is 0.528. The van der Waals surface area contributed by atoms with Crippen molar-refractivity contribution in [2.75, 3.05) is 11.4 Å². The quantitative estimate of drug-likeness (QED) is 0.628. The first-order valence-electron chi connectivity index (χ1n) is 3.93. The van der Waals surface area contributed by atoms with Gasteiger partial charge in [-0.05, 0) is 12.1 Å². The van der Waals surface area contributed by atoms with Crippen molar-refractivity contribution < 1.29 is 4.79 Å². The maximum absolute atomic E-state index is 11.3. The molecule has 0 atom stereocenters.